The van der Waals surface area contributed by atoms with Crippen molar-refractivity contribution < 1.29 is 14.7 Å². The first-order valence-corrected chi connectivity index (χ1v) is 13.0. The number of hydrogen-bond acceptors (Lipinski definition) is 9. The Kier molecular flexibility index (Phi) is 8.95. The first kappa shape index (κ1) is 26.8. The maximum absolute atomic E-state index is 12.9. The average Bonchev–Trinajstić information content (AvgIpc) is 2.92. The molecule has 1 aromatic carbocycles. The second-order valence-corrected chi connectivity index (χ2v) is 10.0. The number of nitrogens with zero attached hydrogens (tertiary/aromatic N) is 5. The summed E-state index contributed by atoms with van der Waals surface area (Å²) >= 11 is 3.55. The van der Waals surface area contributed by atoms with E-state index in [1.165, 1.54) is 18.7 Å². The van der Waals surface area contributed by atoms with Crippen LogP contribution in [-0.4, -0.2) is 77.7 Å². The predicted molar refractivity (Wildman–Crippen MR) is 149 cm³/mol. The van der Waals surface area contributed by atoms with Gasteiger partial charge in [0.25, 0.3) is 11.5 Å². The molecule has 198 valence electrons. The first-order chi connectivity index (χ1) is 17.9. The number of rotatable bonds is 8. The molecule has 2 unspecified atom stereocenters. The molecule has 0 bridgehead atoms. The van der Waals surface area contributed by atoms with Gasteiger partial charge in [0, 0.05) is 50.5 Å². The molecule has 3 heterocycles. The number of carbonyl (C=O) groups excluding carboxylic acids is 1. The van der Waals surface area contributed by atoms with Gasteiger partial charge in [-0.1, -0.05) is 15.9 Å². The molecule has 1 amide bonds. The fourth-order valence-electron chi connectivity index (χ4n) is 4.17. The number of piperidine rings is 1. The van der Waals surface area contributed by atoms with E-state index in [1.54, 1.807) is 24.5 Å². The molecule has 1 saturated heterocycles. The van der Waals surface area contributed by atoms with Crippen LogP contribution in [0.15, 0.2) is 57.4 Å². The molecule has 0 aliphatic carbocycles. The van der Waals surface area contributed by atoms with Crippen molar-refractivity contribution in [3.63, 3.8) is 0 Å². The highest BCUT2D eigenvalue weighted by Crippen LogP contribution is 2.25. The van der Waals surface area contributed by atoms with Crippen LogP contribution in [0.2, 0.25) is 0 Å². The van der Waals surface area contributed by atoms with Crippen LogP contribution in [-0.2, 0) is 16.2 Å². The van der Waals surface area contributed by atoms with Crippen molar-refractivity contribution in [1.29, 1.82) is 0 Å². The van der Waals surface area contributed by atoms with Gasteiger partial charge in [0.05, 0.1) is 11.9 Å². The van der Waals surface area contributed by atoms with Gasteiger partial charge in [0.2, 0.25) is 5.96 Å². The number of hydrogen-bond donors (Lipinski definition) is 3. The molecule has 2 aliphatic rings. The summed E-state index contributed by atoms with van der Waals surface area (Å²) in [5, 5.41) is 16.8. The van der Waals surface area contributed by atoms with E-state index in [1.807, 2.05) is 12.1 Å². The van der Waals surface area contributed by atoms with Crippen LogP contribution in [0.1, 0.15) is 12.8 Å². The highest BCUT2D eigenvalue weighted by atomic mass is 79.9. The summed E-state index contributed by atoms with van der Waals surface area (Å²) in [5.74, 6) is 0.464. The molecule has 0 spiro atoms. The van der Waals surface area contributed by atoms with Crippen molar-refractivity contribution in [3.05, 3.63) is 52.9 Å². The second-order valence-electron chi connectivity index (χ2n) is 8.98. The average molecular weight is 574 g/mol. The Bertz CT molecular complexity index is 1190. The molecule has 2 atom stereocenters. The normalized spacial score (nSPS) is 19.9. The predicted octanol–water partition coefficient (Wildman–Crippen LogP) is 2.13. The molecule has 12 heteroatoms. The molecule has 11 nitrogen and oxygen atoms in total. The lowest BCUT2D eigenvalue weighted by Gasteiger charge is -2.33. The number of benzene rings is 1. The van der Waals surface area contributed by atoms with Crippen molar-refractivity contribution in [2.75, 3.05) is 49.4 Å². The van der Waals surface area contributed by atoms with Crippen molar-refractivity contribution >= 4 is 51.1 Å². The number of aliphatic hydroxyl groups is 1. The SMILES string of the molecule is CON(C)C(=O)Cn1cccc(NC2N=C(Nc3ccc(N4CCC(CO)CC4)cc3)N=CC2Br)c1=O. The Morgan fingerprint density at radius 1 is 1.24 bits per heavy atom. The number of hydroxylamine groups is 2. The topological polar surface area (TPSA) is 124 Å². The lowest BCUT2D eigenvalue weighted by molar-refractivity contribution is -0.169. The van der Waals surface area contributed by atoms with E-state index >= 15 is 0 Å². The van der Waals surface area contributed by atoms with E-state index in [0.717, 1.165) is 42.4 Å². The van der Waals surface area contributed by atoms with Gasteiger partial charge in [-0.3, -0.25) is 14.4 Å². The largest absolute Gasteiger partial charge is 0.396 e. The number of carbonyl (C=O) groups is 1. The van der Waals surface area contributed by atoms with Gasteiger partial charge in [-0.2, -0.15) is 0 Å². The lowest BCUT2D eigenvalue weighted by atomic mass is 9.97. The molecule has 1 fully saturated rings. The van der Waals surface area contributed by atoms with Gasteiger partial charge in [0.15, 0.2) is 0 Å². The number of aliphatic imine (C=N–C) groups is 2. The number of anilines is 3. The minimum atomic E-state index is -0.493. The number of halogens is 1. The number of aliphatic hydroxyl groups excluding tert-OH is 1. The Morgan fingerprint density at radius 3 is 2.65 bits per heavy atom. The van der Waals surface area contributed by atoms with Gasteiger partial charge in [0.1, 0.15) is 18.4 Å². The molecule has 3 N–H and O–H groups in total. The molecule has 0 saturated carbocycles. The van der Waals surface area contributed by atoms with Crippen molar-refractivity contribution in [3.8, 4) is 0 Å². The van der Waals surface area contributed by atoms with E-state index in [9.17, 15) is 14.7 Å². The Morgan fingerprint density at radius 2 is 1.97 bits per heavy atom. The van der Waals surface area contributed by atoms with Crippen LogP contribution in [0.3, 0.4) is 0 Å². The third-order valence-electron chi connectivity index (χ3n) is 6.52. The van der Waals surface area contributed by atoms with Gasteiger partial charge < -0.3 is 25.2 Å². The third-order valence-corrected chi connectivity index (χ3v) is 7.25. The maximum Gasteiger partial charge on any atom is 0.274 e. The minimum Gasteiger partial charge on any atom is -0.396 e. The van der Waals surface area contributed by atoms with Crippen molar-refractivity contribution in [2.24, 2.45) is 15.9 Å². The van der Waals surface area contributed by atoms with Crippen LogP contribution >= 0.6 is 15.9 Å². The van der Waals surface area contributed by atoms with E-state index in [2.05, 4.69) is 53.6 Å². The van der Waals surface area contributed by atoms with E-state index in [0.29, 0.717) is 17.6 Å². The molecule has 2 aromatic rings. The van der Waals surface area contributed by atoms with Gasteiger partial charge in [-0.05, 0) is 55.2 Å². The Hall–Kier alpha value is -3.22. The molecular formula is C25H32BrN7O4. The molecule has 2 aliphatic heterocycles. The van der Waals surface area contributed by atoms with Crippen LogP contribution in [0.5, 0.6) is 0 Å². The summed E-state index contributed by atoms with van der Waals surface area (Å²) in [7, 11) is 2.88. The zero-order chi connectivity index (χ0) is 26.4. The van der Waals surface area contributed by atoms with Gasteiger partial charge in [-0.15, -0.1) is 0 Å². The molecule has 4 rings (SSSR count). The number of alkyl halides is 1. The van der Waals surface area contributed by atoms with E-state index < -0.39 is 6.17 Å². The Labute approximate surface area is 223 Å². The van der Waals surface area contributed by atoms with Gasteiger partial charge >= 0.3 is 0 Å². The summed E-state index contributed by atoms with van der Waals surface area (Å²) in [6.45, 7) is 1.99. The van der Waals surface area contributed by atoms with Gasteiger partial charge in [-0.25, -0.2) is 15.0 Å². The zero-order valence-electron chi connectivity index (χ0n) is 20.9. The molecule has 37 heavy (non-hydrogen) atoms. The molecular weight excluding hydrogens is 542 g/mol. The summed E-state index contributed by atoms with van der Waals surface area (Å²) in [6.07, 6.45) is 4.77. The quantitative estimate of drug-likeness (QED) is 0.326. The fourth-order valence-corrected chi connectivity index (χ4v) is 4.54. The zero-order valence-corrected chi connectivity index (χ0v) is 22.5. The monoisotopic (exact) mass is 573 g/mol. The Balaban J connectivity index is 1.41. The summed E-state index contributed by atoms with van der Waals surface area (Å²) < 4.78 is 1.32. The van der Waals surface area contributed by atoms with E-state index in [4.69, 9.17) is 4.84 Å². The number of pyridine rings is 1. The number of aromatic nitrogens is 1. The lowest BCUT2D eigenvalue weighted by Crippen LogP contribution is -2.38. The van der Waals surface area contributed by atoms with Crippen molar-refractivity contribution in [1.82, 2.24) is 9.63 Å². The standard InChI is InChI=1S/C25H32BrN7O4/c1-31(37-2)22(35)15-33-11-3-4-21(24(33)36)29-23-20(26)14-27-25(30-23)28-18-5-7-19(8-6-18)32-12-9-17(16-34)10-13-32/h3-8,11,14,17,20,23,29,34H,9-10,12-13,15-16H2,1-2H3,(H,28,30). The van der Waals surface area contributed by atoms with Crippen LogP contribution in [0, 0.1) is 5.92 Å². The van der Waals surface area contributed by atoms with Crippen molar-refractivity contribution in [2.45, 2.75) is 30.4 Å². The number of likely N-dealkylation sites (N-methyl/N-ethyl adjacent to an activating group) is 1. The minimum absolute atomic E-state index is 0.145. The van der Waals surface area contributed by atoms with Crippen LogP contribution in [0.25, 0.3) is 0 Å². The highest BCUT2D eigenvalue weighted by Gasteiger charge is 2.23. The molecule has 1 aromatic heterocycles. The first-order valence-electron chi connectivity index (χ1n) is 12.1. The van der Waals surface area contributed by atoms with E-state index in [-0.39, 0.29) is 29.4 Å². The second kappa shape index (κ2) is 12.3. The maximum atomic E-state index is 12.9. The third kappa shape index (κ3) is 6.76. The number of amides is 1. The smallest absolute Gasteiger partial charge is 0.274 e. The fraction of sp³-hybridized carbons (Fsp3) is 0.440. The number of guanidine groups is 1. The highest BCUT2D eigenvalue weighted by molar-refractivity contribution is 9.10. The summed E-state index contributed by atoms with van der Waals surface area (Å²) in [4.78, 5) is 41.1. The number of nitrogens with one attached hydrogen (secondary N) is 2. The van der Waals surface area contributed by atoms with Crippen LogP contribution in [0.4, 0.5) is 17.1 Å². The molecule has 0 radical (unpaired) electrons. The van der Waals surface area contributed by atoms with Crippen LogP contribution < -0.4 is 21.1 Å². The summed E-state index contributed by atoms with van der Waals surface area (Å²) in [6, 6.07) is 11.4. The summed E-state index contributed by atoms with van der Waals surface area (Å²) in [5.41, 5.74) is 1.97.